The van der Waals surface area contributed by atoms with Crippen LogP contribution in [-0.2, 0) is 16.3 Å². The summed E-state index contributed by atoms with van der Waals surface area (Å²) in [5.41, 5.74) is 6.63. The van der Waals surface area contributed by atoms with Crippen LogP contribution in [0.5, 0.6) is 5.75 Å². The summed E-state index contributed by atoms with van der Waals surface area (Å²) in [6.45, 7) is 0.531. The zero-order valence-corrected chi connectivity index (χ0v) is 13.6. The van der Waals surface area contributed by atoms with Gasteiger partial charge >= 0.3 is 0 Å². The number of thiophene rings is 1. The molecule has 0 amide bonds. The van der Waals surface area contributed by atoms with E-state index in [-0.39, 0.29) is 4.90 Å². The molecule has 7 heteroatoms. The number of sulfone groups is 1. The average molecular weight is 336 g/mol. The van der Waals surface area contributed by atoms with Crippen molar-refractivity contribution in [2.24, 2.45) is 5.73 Å². The highest BCUT2D eigenvalue weighted by Gasteiger charge is 2.22. The molecule has 3 N–H and O–H groups in total. The Morgan fingerprint density at radius 3 is 2.64 bits per heavy atom. The molecule has 0 radical (unpaired) electrons. The van der Waals surface area contributed by atoms with Gasteiger partial charge in [0, 0.05) is 11.6 Å². The summed E-state index contributed by atoms with van der Waals surface area (Å²) >= 11 is 1.24. The molecule has 0 aliphatic rings. The molecule has 22 heavy (non-hydrogen) atoms. The molecule has 3 aromatic rings. The molecule has 0 spiro atoms. The minimum atomic E-state index is -3.52. The van der Waals surface area contributed by atoms with Crippen molar-refractivity contribution in [3.8, 4) is 5.75 Å². The van der Waals surface area contributed by atoms with Crippen LogP contribution in [0.1, 0.15) is 5.56 Å². The molecule has 3 rings (SSSR count). The summed E-state index contributed by atoms with van der Waals surface area (Å²) in [5.74, 6) is 0.627. The highest BCUT2D eigenvalue weighted by molar-refractivity contribution is 7.93. The fraction of sp³-hybridized carbons (Fsp3) is 0.200. The number of H-pyrrole nitrogens is 1. The van der Waals surface area contributed by atoms with Gasteiger partial charge in [0.15, 0.2) is 0 Å². The van der Waals surface area contributed by atoms with E-state index >= 15 is 0 Å². The first-order valence-corrected chi connectivity index (χ1v) is 9.05. The molecule has 0 aliphatic heterocycles. The highest BCUT2D eigenvalue weighted by atomic mass is 32.2. The van der Waals surface area contributed by atoms with Gasteiger partial charge in [-0.15, -0.1) is 11.3 Å². The molecule has 1 aromatic carbocycles. The largest absolute Gasteiger partial charge is 0.497 e. The Bertz CT molecular complexity index is 893. The first-order chi connectivity index (χ1) is 10.6. The fourth-order valence-corrected chi connectivity index (χ4v) is 5.08. The average Bonchev–Trinajstić information content (AvgIpc) is 3.10. The van der Waals surface area contributed by atoms with E-state index in [1.807, 2.05) is 6.20 Å². The van der Waals surface area contributed by atoms with Gasteiger partial charge in [-0.3, -0.25) is 0 Å². The molecule has 116 valence electrons. The molecule has 0 saturated carbocycles. The molecule has 0 unspecified atom stereocenters. The summed E-state index contributed by atoms with van der Waals surface area (Å²) in [4.78, 5) is 4.23. The third-order valence-corrected chi connectivity index (χ3v) is 6.79. The zero-order chi connectivity index (χ0) is 15.7. The standard InChI is InChI=1S/C15H16N2O3S2/c1-20-11-2-4-12(5-3-11)22(18,19)14-8-13-10(6-7-16)9-17-15(13)21-14/h2-5,8-9,17H,6-7,16H2,1H3. The van der Waals surface area contributed by atoms with Crippen LogP contribution in [0.3, 0.4) is 0 Å². The Hall–Kier alpha value is -1.83. The maximum atomic E-state index is 12.7. The summed E-state index contributed by atoms with van der Waals surface area (Å²) in [5, 5.41) is 0.933. The SMILES string of the molecule is COc1ccc(S(=O)(=O)c2cc3c(CCN)c[nH]c3s2)cc1. The minimum absolute atomic E-state index is 0.262. The number of hydrogen-bond acceptors (Lipinski definition) is 5. The Morgan fingerprint density at radius 1 is 1.27 bits per heavy atom. The van der Waals surface area contributed by atoms with Crippen molar-refractivity contribution in [2.45, 2.75) is 15.5 Å². The van der Waals surface area contributed by atoms with E-state index in [1.165, 1.54) is 11.3 Å². The summed E-state index contributed by atoms with van der Waals surface area (Å²) in [6.07, 6.45) is 2.61. The van der Waals surface area contributed by atoms with Gasteiger partial charge in [0.25, 0.3) is 0 Å². The topological polar surface area (TPSA) is 85.2 Å². The number of hydrogen-bond donors (Lipinski definition) is 2. The molecule has 2 heterocycles. The first kappa shape index (κ1) is 15.1. The fourth-order valence-electron chi connectivity index (χ4n) is 2.31. The van der Waals surface area contributed by atoms with Crippen LogP contribution < -0.4 is 10.5 Å². The number of fused-ring (bicyclic) bond motifs is 1. The lowest BCUT2D eigenvalue weighted by atomic mass is 10.2. The predicted molar refractivity (Wildman–Crippen MR) is 87.4 cm³/mol. The van der Waals surface area contributed by atoms with Crippen molar-refractivity contribution in [3.63, 3.8) is 0 Å². The quantitative estimate of drug-likeness (QED) is 0.750. The van der Waals surface area contributed by atoms with Gasteiger partial charge in [-0.2, -0.15) is 0 Å². The number of ether oxygens (including phenoxy) is 1. The Kier molecular flexibility index (Phi) is 3.94. The van der Waals surface area contributed by atoms with E-state index in [0.717, 1.165) is 22.2 Å². The second-order valence-electron chi connectivity index (χ2n) is 4.84. The Morgan fingerprint density at radius 2 is 2.00 bits per heavy atom. The third-order valence-electron chi connectivity index (χ3n) is 3.48. The summed E-state index contributed by atoms with van der Waals surface area (Å²) in [7, 11) is -1.97. The molecule has 2 aromatic heterocycles. The van der Waals surface area contributed by atoms with Crippen molar-refractivity contribution in [2.75, 3.05) is 13.7 Å². The molecule has 0 atom stereocenters. The van der Waals surface area contributed by atoms with E-state index in [4.69, 9.17) is 10.5 Å². The monoisotopic (exact) mass is 336 g/mol. The van der Waals surface area contributed by atoms with Crippen LogP contribution in [0, 0.1) is 0 Å². The van der Waals surface area contributed by atoms with E-state index in [9.17, 15) is 8.42 Å². The van der Waals surface area contributed by atoms with E-state index in [2.05, 4.69) is 4.98 Å². The third kappa shape index (κ3) is 2.51. The van der Waals surface area contributed by atoms with Crippen molar-refractivity contribution in [1.82, 2.24) is 4.98 Å². The Balaban J connectivity index is 2.04. The van der Waals surface area contributed by atoms with Crippen LogP contribution in [-0.4, -0.2) is 27.1 Å². The van der Waals surface area contributed by atoms with Crippen molar-refractivity contribution >= 4 is 31.4 Å². The van der Waals surface area contributed by atoms with Gasteiger partial charge in [-0.1, -0.05) is 0 Å². The maximum absolute atomic E-state index is 12.7. The van der Waals surface area contributed by atoms with Crippen molar-refractivity contribution in [3.05, 3.63) is 42.1 Å². The number of methoxy groups -OCH3 is 1. The second-order valence-corrected chi connectivity index (χ2v) is 8.07. The van der Waals surface area contributed by atoms with Crippen LogP contribution in [0.4, 0.5) is 0 Å². The smallest absolute Gasteiger partial charge is 0.216 e. The van der Waals surface area contributed by atoms with Gasteiger partial charge in [-0.05, 0) is 48.9 Å². The van der Waals surface area contributed by atoms with Crippen molar-refractivity contribution < 1.29 is 13.2 Å². The summed E-state index contributed by atoms with van der Waals surface area (Å²) in [6, 6.07) is 8.13. The van der Waals surface area contributed by atoms with E-state index in [0.29, 0.717) is 16.5 Å². The lowest BCUT2D eigenvalue weighted by Gasteiger charge is -2.03. The number of rotatable bonds is 5. The number of aromatic nitrogens is 1. The predicted octanol–water partition coefficient (Wildman–Crippen LogP) is 2.57. The molecular formula is C15H16N2O3S2. The molecule has 5 nitrogen and oxygen atoms in total. The molecule has 0 bridgehead atoms. The molecule has 0 fully saturated rings. The molecular weight excluding hydrogens is 320 g/mol. The molecule has 0 saturated heterocycles. The molecule has 0 aliphatic carbocycles. The van der Waals surface area contributed by atoms with Crippen LogP contribution in [0.25, 0.3) is 10.2 Å². The summed E-state index contributed by atoms with van der Waals surface area (Å²) < 4.78 is 30.8. The van der Waals surface area contributed by atoms with Crippen molar-refractivity contribution in [1.29, 1.82) is 0 Å². The van der Waals surface area contributed by atoms with Crippen LogP contribution in [0.2, 0.25) is 0 Å². The van der Waals surface area contributed by atoms with E-state index < -0.39 is 9.84 Å². The van der Waals surface area contributed by atoms with Gasteiger partial charge in [0.1, 0.15) is 14.8 Å². The van der Waals surface area contributed by atoms with Gasteiger partial charge in [0.05, 0.1) is 12.0 Å². The normalized spacial score (nSPS) is 11.9. The lowest BCUT2D eigenvalue weighted by molar-refractivity contribution is 0.414. The first-order valence-electron chi connectivity index (χ1n) is 6.75. The lowest BCUT2D eigenvalue weighted by Crippen LogP contribution is -2.02. The minimum Gasteiger partial charge on any atom is -0.497 e. The Labute approximate surface area is 132 Å². The number of nitrogens with two attached hydrogens (primary N) is 1. The number of benzene rings is 1. The number of nitrogens with one attached hydrogen (secondary N) is 1. The second kappa shape index (κ2) is 5.75. The van der Waals surface area contributed by atoms with Crippen LogP contribution in [0.15, 0.2) is 45.6 Å². The zero-order valence-electron chi connectivity index (χ0n) is 12.0. The maximum Gasteiger partial charge on any atom is 0.216 e. The van der Waals surface area contributed by atoms with Gasteiger partial charge in [-0.25, -0.2) is 8.42 Å². The van der Waals surface area contributed by atoms with Crippen LogP contribution >= 0.6 is 11.3 Å². The van der Waals surface area contributed by atoms with Gasteiger partial charge < -0.3 is 15.5 Å². The highest BCUT2D eigenvalue weighted by Crippen LogP contribution is 2.34. The van der Waals surface area contributed by atoms with Gasteiger partial charge in [0.2, 0.25) is 9.84 Å². The number of aromatic amines is 1. The van der Waals surface area contributed by atoms with E-state index in [1.54, 1.807) is 37.4 Å².